The van der Waals surface area contributed by atoms with Crippen LogP contribution in [-0.2, 0) is 11.2 Å². The van der Waals surface area contributed by atoms with Gasteiger partial charge in [-0.25, -0.2) is 0 Å². The Morgan fingerprint density at radius 2 is 2.11 bits per heavy atom. The van der Waals surface area contributed by atoms with E-state index in [4.69, 9.17) is 0 Å². The predicted octanol–water partition coefficient (Wildman–Crippen LogP) is 1.32. The van der Waals surface area contributed by atoms with Crippen LogP contribution in [-0.4, -0.2) is 26.5 Å². The number of rotatable bonds is 5. The van der Waals surface area contributed by atoms with Gasteiger partial charge in [0.15, 0.2) is 5.82 Å². The largest absolute Gasteiger partial charge is 0.346 e. The summed E-state index contributed by atoms with van der Waals surface area (Å²) in [5.74, 6) is 0.474. The molecule has 0 aliphatic carbocycles. The summed E-state index contributed by atoms with van der Waals surface area (Å²) in [5.41, 5.74) is 2.38. The first-order valence-corrected chi connectivity index (χ1v) is 6.23. The van der Waals surface area contributed by atoms with E-state index in [1.165, 1.54) is 5.56 Å². The first-order valence-electron chi connectivity index (χ1n) is 6.23. The smallest absolute Gasteiger partial charge is 0.220 e. The Morgan fingerprint density at radius 1 is 1.37 bits per heavy atom. The van der Waals surface area contributed by atoms with Crippen LogP contribution in [0.5, 0.6) is 0 Å². The molecule has 1 aromatic carbocycles. The van der Waals surface area contributed by atoms with Gasteiger partial charge < -0.3 is 5.32 Å². The average Bonchev–Trinajstić information content (AvgIpc) is 2.92. The molecule has 0 radical (unpaired) electrons. The van der Waals surface area contributed by atoms with Gasteiger partial charge in [-0.15, -0.1) is 10.2 Å². The van der Waals surface area contributed by atoms with Crippen molar-refractivity contribution in [2.24, 2.45) is 0 Å². The van der Waals surface area contributed by atoms with E-state index in [0.717, 1.165) is 12.0 Å². The molecule has 2 N–H and O–H groups in total. The SMILES string of the molecule is Cc1ccc(CCC(=O)NC(C)c2nn[nH]n2)cc1. The fraction of sp³-hybridized carbons (Fsp3) is 0.385. The van der Waals surface area contributed by atoms with Crippen LogP contribution in [0.2, 0.25) is 0 Å². The number of nitrogens with one attached hydrogen (secondary N) is 2. The van der Waals surface area contributed by atoms with E-state index in [1.807, 2.05) is 26.0 Å². The second-order valence-electron chi connectivity index (χ2n) is 4.54. The van der Waals surface area contributed by atoms with Crippen molar-refractivity contribution in [3.63, 3.8) is 0 Å². The summed E-state index contributed by atoms with van der Waals surface area (Å²) >= 11 is 0. The van der Waals surface area contributed by atoms with Crippen LogP contribution in [0.3, 0.4) is 0 Å². The highest BCUT2D eigenvalue weighted by Crippen LogP contribution is 2.07. The van der Waals surface area contributed by atoms with Gasteiger partial charge in [-0.2, -0.15) is 5.21 Å². The number of hydrogen-bond acceptors (Lipinski definition) is 4. The number of carbonyl (C=O) groups excluding carboxylic acids is 1. The van der Waals surface area contributed by atoms with Crippen molar-refractivity contribution in [3.8, 4) is 0 Å². The highest BCUT2D eigenvalue weighted by molar-refractivity contribution is 5.76. The molecule has 100 valence electrons. The molecule has 1 heterocycles. The van der Waals surface area contributed by atoms with Crippen LogP contribution < -0.4 is 5.32 Å². The molecule has 0 aliphatic heterocycles. The molecule has 0 fully saturated rings. The van der Waals surface area contributed by atoms with Gasteiger partial charge in [0.25, 0.3) is 0 Å². The normalized spacial score (nSPS) is 12.1. The number of benzene rings is 1. The van der Waals surface area contributed by atoms with Gasteiger partial charge in [0.05, 0.1) is 6.04 Å². The third kappa shape index (κ3) is 3.87. The van der Waals surface area contributed by atoms with Gasteiger partial charge in [0, 0.05) is 6.42 Å². The zero-order valence-electron chi connectivity index (χ0n) is 11.1. The molecule has 2 aromatic rings. The van der Waals surface area contributed by atoms with Gasteiger partial charge in [-0.05, 0) is 25.8 Å². The minimum absolute atomic E-state index is 0.0159. The lowest BCUT2D eigenvalue weighted by Crippen LogP contribution is -2.27. The average molecular weight is 259 g/mol. The van der Waals surface area contributed by atoms with Gasteiger partial charge in [0.1, 0.15) is 0 Å². The maximum Gasteiger partial charge on any atom is 0.220 e. The second kappa shape index (κ2) is 6.08. The van der Waals surface area contributed by atoms with Crippen molar-refractivity contribution in [2.45, 2.75) is 32.7 Å². The zero-order valence-corrected chi connectivity index (χ0v) is 11.1. The van der Waals surface area contributed by atoms with Crippen LogP contribution in [0, 0.1) is 6.92 Å². The van der Waals surface area contributed by atoms with E-state index < -0.39 is 0 Å². The van der Waals surface area contributed by atoms with Crippen molar-refractivity contribution < 1.29 is 4.79 Å². The minimum atomic E-state index is -0.232. The van der Waals surface area contributed by atoms with Crippen LogP contribution >= 0.6 is 0 Å². The topological polar surface area (TPSA) is 83.6 Å². The predicted molar refractivity (Wildman–Crippen MR) is 70.2 cm³/mol. The fourth-order valence-corrected chi connectivity index (χ4v) is 1.74. The summed E-state index contributed by atoms with van der Waals surface area (Å²) in [6, 6.07) is 7.96. The molecule has 0 spiro atoms. The molecule has 1 unspecified atom stereocenters. The highest BCUT2D eigenvalue weighted by Gasteiger charge is 2.13. The third-order valence-corrected chi connectivity index (χ3v) is 2.89. The molecule has 1 aromatic heterocycles. The summed E-state index contributed by atoms with van der Waals surface area (Å²) in [7, 11) is 0. The third-order valence-electron chi connectivity index (χ3n) is 2.89. The number of carbonyl (C=O) groups is 1. The van der Waals surface area contributed by atoms with Crippen LogP contribution in [0.15, 0.2) is 24.3 Å². The first-order chi connectivity index (χ1) is 9.15. The fourth-order valence-electron chi connectivity index (χ4n) is 1.74. The zero-order chi connectivity index (χ0) is 13.7. The molecule has 1 amide bonds. The molecular weight excluding hydrogens is 242 g/mol. The Morgan fingerprint density at radius 3 is 2.74 bits per heavy atom. The number of nitrogens with zero attached hydrogens (tertiary/aromatic N) is 3. The van der Waals surface area contributed by atoms with Gasteiger partial charge >= 0.3 is 0 Å². The van der Waals surface area contributed by atoms with Crippen molar-refractivity contribution in [1.82, 2.24) is 25.9 Å². The molecule has 0 saturated heterocycles. The number of H-pyrrole nitrogens is 1. The number of hydrogen-bond donors (Lipinski definition) is 2. The van der Waals surface area contributed by atoms with Gasteiger partial charge in [-0.1, -0.05) is 35.0 Å². The van der Waals surface area contributed by atoms with E-state index in [1.54, 1.807) is 0 Å². The second-order valence-corrected chi connectivity index (χ2v) is 4.54. The summed E-state index contributed by atoms with van der Waals surface area (Å²) < 4.78 is 0. The molecular formula is C13H17N5O. The Hall–Kier alpha value is -2.24. The number of amides is 1. The number of aromatic nitrogens is 4. The lowest BCUT2D eigenvalue weighted by Gasteiger charge is -2.09. The Bertz CT molecular complexity index is 520. The van der Waals surface area contributed by atoms with Crippen molar-refractivity contribution in [2.75, 3.05) is 0 Å². The highest BCUT2D eigenvalue weighted by atomic mass is 16.1. The maximum atomic E-state index is 11.8. The van der Waals surface area contributed by atoms with E-state index in [0.29, 0.717) is 12.2 Å². The molecule has 1 atom stereocenters. The summed E-state index contributed by atoms with van der Waals surface area (Å²) in [6.45, 7) is 3.87. The summed E-state index contributed by atoms with van der Waals surface area (Å²) in [4.78, 5) is 11.8. The molecule has 0 bridgehead atoms. The molecule has 19 heavy (non-hydrogen) atoms. The Kier molecular flexibility index (Phi) is 4.22. The molecule has 6 heteroatoms. The standard InChI is InChI=1S/C13H17N5O/c1-9-3-5-11(6-4-9)7-8-12(19)14-10(2)13-15-17-18-16-13/h3-6,10H,7-8H2,1-2H3,(H,14,19)(H,15,16,17,18). The number of aromatic amines is 1. The van der Waals surface area contributed by atoms with Crippen molar-refractivity contribution in [3.05, 3.63) is 41.2 Å². The van der Waals surface area contributed by atoms with Crippen LogP contribution in [0.25, 0.3) is 0 Å². The van der Waals surface area contributed by atoms with Gasteiger partial charge in [-0.3, -0.25) is 4.79 Å². The van der Waals surface area contributed by atoms with Crippen molar-refractivity contribution >= 4 is 5.91 Å². The summed E-state index contributed by atoms with van der Waals surface area (Å²) in [5, 5.41) is 16.3. The van der Waals surface area contributed by atoms with Gasteiger partial charge in [0.2, 0.25) is 5.91 Å². The molecule has 6 nitrogen and oxygen atoms in total. The summed E-state index contributed by atoms with van der Waals surface area (Å²) in [6.07, 6.45) is 1.18. The molecule has 2 rings (SSSR count). The van der Waals surface area contributed by atoms with E-state index in [9.17, 15) is 4.79 Å². The quantitative estimate of drug-likeness (QED) is 0.848. The lowest BCUT2D eigenvalue weighted by molar-refractivity contribution is -0.121. The first kappa shape index (κ1) is 13.2. The lowest BCUT2D eigenvalue weighted by atomic mass is 10.1. The molecule has 0 aliphatic rings. The number of tetrazole rings is 1. The molecule has 0 saturated carbocycles. The van der Waals surface area contributed by atoms with Crippen molar-refractivity contribution in [1.29, 1.82) is 0 Å². The number of aryl methyl sites for hydroxylation is 2. The monoisotopic (exact) mass is 259 g/mol. The van der Waals surface area contributed by atoms with E-state index in [2.05, 4.69) is 38.1 Å². The Balaban J connectivity index is 1.80. The Labute approximate surface area is 111 Å². The maximum absolute atomic E-state index is 11.8. The van der Waals surface area contributed by atoms with Crippen LogP contribution in [0.1, 0.15) is 36.3 Å². The van der Waals surface area contributed by atoms with E-state index in [-0.39, 0.29) is 11.9 Å². The minimum Gasteiger partial charge on any atom is -0.346 e. The van der Waals surface area contributed by atoms with Crippen LogP contribution in [0.4, 0.5) is 0 Å². The van der Waals surface area contributed by atoms with E-state index >= 15 is 0 Å².